The van der Waals surface area contributed by atoms with Gasteiger partial charge in [-0.1, -0.05) is 182 Å². The van der Waals surface area contributed by atoms with Gasteiger partial charge in [-0.25, -0.2) is 15.0 Å². The van der Waals surface area contributed by atoms with Crippen LogP contribution >= 0.6 is 0 Å². The van der Waals surface area contributed by atoms with Crippen molar-refractivity contribution < 1.29 is 0 Å². The van der Waals surface area contributed by atoms with Gasteiger partial charge in [0.05, 0.1) is 0 Å². The van der Waals surface area contributed by atoms with Crippen LogP contribution in [0.4, 0.5) is 0 Å². The Bertz CT molecular complexity index is 3250. The number of fused-ring (bicyclic) bond motifs is 6. The Morgan fingerprint density at radius 1 is 0.167 bits per heavy atom. The maximum absolute atomic E-state index is 5.15. The fourth-order valence-electron chi connectivity index (χ4n) is 8.50. The molecule has 60 heavy (non-hydrogen) atoms. The fraction of sp³-hybridized carbons (Fsp3) is 0. The summed E-state index contributed by atoms with van der Waals surface area (Å²) in [6.45, 7) is 0. The number of benzene rings is 10. The normalized spacial score (nSPS) is 11.3. The Balaban J connectivity index is 1.14. The van der Waals surface area contributed by atoms with Crippen molar-refractivity contribution in [3.05, 3.63) is 224 Å². The summed E-state index contributed by atoms with van der Waals surface area (Å²) < 4.78 is 0. The summed E-state index contributed by atoms with van der Waals surface area (Å²) in [5, 5.41) is 7.59. The minimum Gasteiger partial charge on any atom is -0.208 e. The van der Waals surface area contributed by atoms with Crippen molar-refractivity contribution in [2.24, 2.45) is 0 Å². The Morgan fingerprint density at radius 3 is 0.867 bits per heavy atom. The van der Waals surface area contributed by atoms with Crippen molar-refractivity contribution in [1.29, 1.82) is 0 Å². The van der Waals surface area contributed by atoms with Crippen molar-refractivity contribution in [2.75, 3.05) is 0 Å². The van der Waals surface area contributed by atoms with Crippen molar-refractivity contribution in [3.8, 4) is 78.7 Å². The molecule has 0 saturated heterocycles. The topological polar surface area (TPSA) is 38.7 Å². The van der Waals surface area contributed by atoms with E-state index in [1.165, 1.54) is 37.9 Å². The molecule has 0 N–H and O–H groups in total. The van der Waals surface area contributed by atoms with E-state index in [0.717, 1.165) is 55.6 Å². The smallest absolute Gasteiger partial charge is 0.164 e. The molecule has 0 spiro atoms. The molecule has 0 radical (unpaired) electrons. The van der Waals surface area contributed by atoms with Crippen molar-refractivity contribution in [2.45, 2.75) is 0 Å². The van der Waals surface area contributed by atoms with Crippen LogP contribution in [-0.2, 0) is 0 Å². The fourth-order valence-corrected chi connectivity index (χ4v) is 8.50. The molecule has 3 nitrogen and oxygen atoms in total. The SMILES string of the molecule is c1ccc(-c2cc(-c3cc(-c4ccccc4)cc(-c4nc(-c5ccccc5)nc(-c5ccccc5)n4)c3)cc(-c3ccc4c5ccccc5c5ccccc5c4c3)c2)cc1. The molecule has 280 valence electrons. The summed E-state index contributed by atoms with van der Waals surface area (Å²) in [7, 11) is 0. The first-order chi connectivity index (χ1) is 29.7. The van der Waals surface area contributed by atoms with E-state index in [1.807, 2.05) is 60.7 Å². The van der Waals surface area contributed by atoms with Gasteiger partial charge in [-0.05, 0) is 119 Å². The highest BCUT2D eigenvalue weighted by molar-refractivity contribution is 6.25. The number of rotatable bonds is 7. The van der Waals surface area contributed by atoms with Gasteiger partial charge in [0.1, 0.15) is 0 Å². The van der Waals surface area contributed by atoms with Gasteiger partial charge in [0.2, 0.25) is 0 Å². The number of hydrogen-bond acceptors (Lipinski definition) is 3. The van der Waals surface area contributed by atoms with Crippen LogP contribution in [0.1, 0.15) is 0 Å². The molecule has 0 unspecified atom stereocenters. The molecule has 11 rings (SSSR count). The van der Waals surface area contributed by atoms with Gasteiger partial charge >= 0.3 is 0 Å². The van der Waals surface area contributed by atoms with Crippen LogP contribution in [0.15, 0.2) is 224 Å². The number of hydrogen-bond donors (Lipinski definition) is 0. The molecular formula is C57H37N3. The largest absolute Gasteiger partial charge is 0.208 e. The van der Waals surface area contributed by atoms with Gasteiger partial charge in [-0.2, -0.15) is 0 Å². The molecule has 10 aromatic carbocycles. The standard InChI is InChI=1S/C57H37N3/c1-5-17-38(18-6-1)43-31-45(42-29-30-53-51-27-14-13-25-49(51)50-26-15-16-28-52(50)54(53)37-42)34-46(32-43)47-33-44(39-19-7-2-8-20-39)35-48(36-47)57-59-55(40-21-9-3-10-22-40)58-56(60-57)41-23-11-4-12-24-41/h1-37H. The van der Waals surface area contributed by atoms with Gasteiger partial charge in [-0.15, -0.1) is 0 Å². The first-order valence-electron chi connectivity index (χ1n) is 20.3. The predicted molar refractivity (Wildman–Crippen MR) is 250 cm³/mol. The molecule has 0 saturated carbocycles. The summed E-state index contributed by atoms with van der Waals surface area (Å²) >= 11 is 0. The zero-order chi connectivity index (χ0) is 39.8. The third-order valence-corrected chi connectivity index (χ3v) is 11.4. The van der Waals surface area contributed by atoms with E-state index in [-0.39, 0.29) is 0 Å². The van der Waals surface area contributed by atoms with Crippen LogP contribution in [0, 0.1) is 0 Å². The molecule has 0 fully saturated rings. The van der Waals surface area contributed by atoms with E-state index >= 15 is 0 Å². The highest BCUT2D eigenvalue weighted by Gasteiger charge is 2.17. The monoisotopic (exact) mass is 763 g/mol. The molecule has 0 aliphatic carbocycles. The highest BCUT2D eigenvalue weighted by atomic mass is 15.0. The van der Waals surface area contributed by atoms with Gasteiger partial charge in [0.25, 0.3) is 0 Å². The lowest BCUT2D eigenvalue weighted by Gasteiger charge is -2.16. The lowest BCUT2D eigenvalue weighted by atomic mass is 9.89. The Morgan fingerprint density at radius 2 is 0.450 bits per heavy atom. The van der Waals surface area contributed by atoms with Gasteiger partial charge < -0.3 is 0 Å². The number of nitrogens with zero attached hydrogens (tertiary/aromatic N) is 3. The summed E-state index contributed by atoms with van der Waals surface area (Å²) in [6.07, 6.45) is 0. The van der Waals surface area contributed by atoms with E-state index in [9.17, 15) is 0 Å². The lowest BCUT2D eigenvalue weighted by molar-refractivity contribution is 1.07. The molecular weight excluding hydrogens is 727 g/mol. The van der Waals surface area contributed by atoms with Gasteiger partial charge in [-0.3, -0.25) is 0 Å². The van der Waals surface area contributed by atoms with E-state index < -0.39 is 0 Å². The van der Waals surface area contributed by atoms with Crippen LogP contribution in [-0.4, -0.2) is 15.0 Å². The minimum atomic E-state index is 0.620. The van der Waals surface area contributed by atoms with Gasteiger partial charge in [0.15, 0.2) is 17.5 Å². The molecule has 1 heterocycles. The minimum absolute atomic E-state index is 0.620. The summed E-state index contributed by atoms with van der Waals surface area (Å²) in [6, 6.07) is 79.8. The molecule has 11 aromatic rings. The molecule has 1 aromatic heterocycles. The van der Waals surface area contributed by atoms with Crippen molar-refractivity contribution in [3.63, 3.8) is 0 Å². The van der Waals surface area contributed by atoms with Crippen LogP contribution < -0.4 is 0 Å². The zero-order valence-electron chi connectivity index (χ0n) is 32.7. The Kier molecular flexibility index (Phi) is 8.83. The Hall–Kier alpha value is -8.01. The maximum Gasteiger partial charge on any atom is 0.164 e. The summed E-state index contributed by atoms with van der Waals surface area (Å²) in [4.78, 5) is 15.3. The molecule has 3 heteroatoms. The van der Waals surface area contributed by atoms with Crippen LogP contribution in [0.5, 0.6) is 0 Å². The van der Waals surface area contributed by atoms with Crippen LogP contribution in [0.3, 0.4) is 0 Å². The zero-order valence-corrected chi connectivity index (χ0v) is 32.7. The van der Waals surface area contributed by atoms with Crippen molar-refractivity contribution >= 4 is 32.3 Å². The third-order valence-electron chi connectivity index (χ3n) is 11.4. The summed E-state index contributed by atoms with van der Waals surface area (Å²) in [5.74, 6) is 1.89. The van der Waals surface area contributed by atoms with Gasteiger partial charge in [0, 0.05) is 16.7 Å². The second-order valence-corrected chi connectivity index (χ2v) is 15.2. The number of aromatic nitrogens is 3. The molecule has 0 bridgehead atoms. The first-order valence-corrected chi connectivity index (χ1v) is 20.3. The molecule has 0 amide bonds. The van der Waals surface area contributed by atoms with E-state index in [2.05, 4.69) is 164 Å². The molecule has 0 atom stereocenters. The summed E-state index contributed by atoms with van der Waals surface area (Å²) in [5.41, 5.74) is 11.8. The average Bonchev–Trinajstić information content (AvgIpc) is 3.34. The third kappa shape index (κ3) is 6.58. The van der Waals surface area contributed by atoms with Crippen molar-refractivity contribution in [1.82, 2.24) is 15.0 Å². The van der Waals surface area contributed by atoms with Crippen LogP contribution in [0.2, 0.25) is 0 Å². The predicted octanol–water partition coefficient (Wildman–Crippen LogP) is 15.0. The second-order valence-electron chi connectivity index (χ2n) is 15.2. The Labute approximate surface area is 349 Å². The first kappa shape index (κ1) is 35.2. The van der Waals surface area contributed by atoms with E-state index in [4.69, 9.17) is 15.0 Å². The highest BCUT2D eigenvalue weighted by Crippen LogP contribution is 2.40. The average molecular weight is 764 g/mol. The van der Waals surface area contributed by atoms with Crippen LogP contribution in [0.25, 0.3) is 111 Å². The quantitative estimate of drug-likeness (QED) is 0.152. The maximum atomic E-state index is 5.15. The van der Waals surface area contributed by atoms with E-state index in [0.29, 0.717) is 17.5 Å². The van der Waals surface area contributed by atoms with E-state index in [1.54, 1.807) is 0 Å². The lowest BCUT2D eigenvalue weighted by Crippen LogP contribution is -2.00. The molecule has 0 aliphatic heterocycles. The molecule has 0 aliphatic rings. The second kappa shape index (κ2) is 15.1.